The highest BCUT2D eigenvalue weighted by Crippen LogP contribution is 2.43. The maximum Gasteiger partial charge on any atom is 0.248 e. The minimum absolute atomic E-state index is 0.130. The van der Waals surface area contributed by atoms with Gasteiger partial charge in [0.15, 0.2) is 0 Å². The molecule has 0 amide bonds. The van der Waals surface area contributed by atoms with Crippen molar-refractivity contribution in [3.05, 3.63) is 29.3 Å². The van der Waals surface area contributed by atoms with E-state index in [1.807, 2.05) is 25.1 Å². The largest absolute Gasteiger partial charge is 0.497 e. The summed E-state index contributed by atoms with van der Waals surface area (Å²) >= 11 is 0. The van der Waals surface area contributed by atoms with E-state index in [-0.39, 0.29) is 12.8 Å². The third-order valence-electron chi connectivity index (χ3n) is 3.84. The Hall–Kier alpha value is -1.16. The summed E-state index contributed by atoms with van der Waals surface area (Å²) in [6.07, 6.45) is 0.393. The van der Waals surface area contributed by atoms with Gasteiger partial charge in [0.25, 0.3) is 0 Å². The fourth-order valence-electron chi connectivity index (χ4n) is 2.65. The smallest absolute Gasteiger partial charge is 0.248 e. The van der Waals surface area contributed by atoms with Gasteiger partial charge in [-0.25, -0.2) is 8.78 Å². The molecule has 18 heavy (non-hydrogen) atoms. The van der Waals surface area contributed by atoms with E-state index in [0.717, 1.165) is 16.9 Å². The molecule has 4 heteroatoms. The number of hydrogen-bond donors (Lipinski definition) is 1. The number of ether oxygens (including phenoxy) is 1. The summed E-state index contributed by atoms with van der Waals surface area (Å²) in [6, 6.07) is 5.64. The minimum atomic E-state index is -2.55. The van der Waals surface area contributed by atoms with Crippen molar-refractivity contribution in [1.29, 1.82) is 0 Å². The van der Waals surface area contributed by atoms with Crippen LogP contribution in [0.1, 0.15) is 36.8 Å². The van der Waals surface area contributed by atoms with Crippen LogP contribution in [0, 0.1) is 6.92 Å². The molecule has 100 valence electrons. The first-order valence-corrected chi connectivity index (χ1v) is 6.18. The highest BCUT2D eigenvalue weighted by atomic mass is 19.3. The molecule has 1 saturated carbocycles. The first kappa shape index (κ1) is 13.3. The number of hydrogen-bond acceptors (Lipinski definition) is 2. The van der Waals surface area contributed by atoms with Crippen molar-refractivity contribution in [3.8, 4) is 5.75 Å². The normalized spacial score (nSPS) is 21.6. The Morgan fingerprint density at radius 2 is 1.78 bits per heavy atom. The molecule has 1 aliphatic rings. The van der Waals surface area contributed by atoms with Gasteiger partial charge in [0.1, 0.15) is 5.75 Å². The number of methoxy groups -OCH3 is 1. The fourth-order valence-corrected chi connectivity index (χ4v) is 2.65. The van der Waals surface area contributed by atoms with Crippen LogP contribution in [0.25, 0.3) is 0 Å². The zero-order valence-electron chi connectivity index (χ0n) is 10.8. The molecule has 1 fully saturated rings. The van der Waals surface area contributed by atoms with E-state index in [0.29, 0.717) is 12.8 Å². The Morgan fingerprint density at radius 1 is 1.17 bits per heavy atom. The molecule has 1 aromatic carbocycles. The Morgan fingerprint density at radius 3 is 2.28 bits per heavy atom. The first-order valence-electron chi connectivity index (χ1n) is 6.18. The van der Waals surface area contributed by atoms with Crippen molar-refractivity contribution >= 4 is 0 Å². The highest BCUT2D eigenvalue weighted by molar-refractivity contribution is 5.39. The number of benzene rings is 1. The van der Waals surface area contributed by atoms with Gasteiger partial charge in [-0.05, 0) is 43.0 Å². The first-order chi connectivity index (χ1) is 8.36. The second-order valence-corrected chi connectivity index (χ2v) is 5.19. The molecule has 0 radical (unpaired) electrons. The number of nitrogens with two attached hydrogens (primary N) is 1. The SMILES string of the molecule is COc1ccc(C2(N)CCC(F)(F)CC2)c(C)c1. The molecular formula is C14H19F2NO. The van der Waals surface area contributed by atoms with Crippen LogP contribution in [0.2, 0.25) is 0 Å². The summed E-state index contributed by atoms with van der Waals surface area (Å²) in [6.45, 7) is 1.94. The van der Waals surface area contributed by atoms with Gasteiger partial charge in [0, 0.05) is 18.4 Å². The summed E-state index contributed by atoms with van der Waals surface area (Å²) in [4.78, 5) is 0. The van der Waals surface area contributed by atoms with Crippen LogP contribution in [0.5, 0.6) is 5.75 Å². The van der Waals surface area contributed by atoms with Gasteiger partial charge in [-0.1, -0.05) is 6.07 Å². The van der Waals surface area contributed by atoms with Gasteiger partial charge in [-0.3, -0.25) is 0 Å². The van der Waals surface area contributed by atoms with Crippen LogP contribution in [0.15, 0.2) is 18.2 Å². The van der Waals surface area contributed by atoms with Gasteiger partial charge in [0.2, 0.25) is 5.92 Å². The summed E-state index contributed by atoms with van der Waals surface area (Å²) in [5.74, 6) is -1.79. The van der Waals surface area contributed by atoms with Crippen LogP contribution < -0.4 is 10.5 Å². The van der Waals surface area contributed by atoms with Crippen molar-refractivity contribution in [2.45, 2.75) is 44.1 Å². The van der Waals surface area contributed by atoms with Crippen LogP contribution >= 0.6 is 0 Å². The number of aryl methyl sites for hydroxylation is 1. The van der Waals surface area contributed by atoms with Crippen LogP contribution in [0.4, 0.5) is 8.78 Å². The zero-order chi connectivity index (χ0) is 13.4. The summed E-state index contributed by atoms with van der Waals surface area (Å²) in [5, 5.41) is 0. The van der Waals surface area contributed by atoms with E-state index in [2.05, 4.69) is 0 Å². The van der Waals surface area contributed by atoms with Crippen LogP contribution in [-0.2, 0) is 5.54 Å². The van der Waals surface area contributed by atoms with E-state index < -0.39 is 11.5 Å². The second-order valence-electron chi connectivity index (χ2n) is 5.19. The van der Waals surface area contributed by atoms with Gasteiger partial charge >= 0.3 is 0 Å². The molecule has 0 atom stereocenters. The lowest BCUT2D eigenvalue weighted by Crippen LogP contribution is -2.44. The number of halogens is 2. The molecule has 0 spiro atoms. The van der Waals surface area contributed by atoms with Gasteiger partial charge in [-0.15, -0.1) is 0 Å². The molecule has 2 N–H and O–H groups in total. The van der Waals surface area contributed by atoms with Crippen molar-refractivity contribution in [2.24, 2.45) is 5.73 Å². The Labute approximate surface area is 106 Å². The van der Waals surface area contributed by atoms with Gasteiger partial charge < -0.3 is 10.5 Å². The third kappa shape index (κ3) is 2.48. The molecule has 0 aromatic heterocycles. The van der Waals surface area contributed by atoms with E-state index in [9.17, 15) is 8.78 Å². The summed E-state index contributed by atoms with van der Waals surface area (Å²) in [5.41, 5.74) is 7.65. The standard InChI is InChI=1S/C14H19F2NO/c1-10-9-11(18-2)3-4-12(10)13(17)5-7-14(15,16)8-6-13/h3-4,9H,5-8,17H2,1-2H3. The molecule has 2 rings (SSSR count). The zero-order valence-corrected chi connectivity index (χ0v) is 10.8. The lowest BCUT2D eigenvalue weighted by molar-refractivity contribution is -0.0514. The molecule has 1 aromatic rings. The third-order valence-corrected chi connectivity index (χ3v) is 3.84. The predicted molar refractivity (Wildman–Crippen MR) is 67.0 cm³/mol. The number of alkyl halides is 2. The van der Waals surface area contributed by atoms with Gasteiger partial charge in [0.05, 0.1) is 7.11 Å². The molecule has 2 nitrogen and oxygen atoms in total. The van der Waals surface area contributed by atoms with Crippen molar-refractivity contribution in [3.63, 3.8) is 0 Å². The van der Waals surface area contributed by atoms with Crippen molar-refractivity contribution in [2.75, 3.05) is 7.11 Å². The average Bonchev–Trinajstić information content (AvgIpc) is 2.33. The van der Waals surface area contributed by atoms with Crippen LogP contribution in [-0.4, -0.2) is 13.0 Å². The van der Waals surface area contributed by atoms with E-state index in [1.165, 1.54) is 0 Å². The Balaban J connectivity index is 2.26. The molecule has 0 saturated heterocycles. The highest BCUT2D eigenvalue weighted by Gasteiger charge is 2.42. The molecular weight excluding hydrogens is 236 g/mol. The lowest BCUT2D eigenvalue weighted by Gasteiger charge is -2.38. The predicted octanol–water partition coefficient (Wildman–Crippen LogP) is 3.37. The minimum Gasteiger partial charge on any atom is -0.497 e. The summed E-state index contributed by atoms with van der Waals surface area (Å²) in [7, 11) is 1.60. The van der Waals surface area contributed by atoms with E-state index >= 15 is 0 Å². The average molecular weight is 255 g/mol. The van der Waals surface area contributed by atoms with Crippen molar-refractivity contribution < 1.29 is 13.5 Å². The monoisotopic (exact) mass is 255 g/mol. The van der Waals surface area contributed by atoms with Crippen LogP contribution in [0.3, 0.4) is 0 Å². The molecule has 0 aliphatic heterocycles. The number of rotatable bonds is 2. The maximum atomic E-state index is 13.2. The molecule has 0 bridgehead atoms. The second kappa shape index (κ2) is 4.50. The van der Waals surface area contributed by atoms with E-state index in [1.54, 1.807) is 7.11 Å². The maximum absolute atomic E-state index is 13.2. The van der Waals surface area contributed by atoms with Gasteiger partial charge in [-0.2, -0.15) is 0 Å². The van der Waals surface area contributed by atoms with E-state index in [4.69, 9.17) is 10.5 Å². The molecule has 1 aliphatic carbocycles. The molecule has 0 unspecified atom stereocenters. The Bertz CT molecular complexity index is 435. The summed E-state index contributed by atoms with van der Waals surface area (Å²) < 4.78 is 31.6. The fraction of sp³-hybridized carbons (Fsp3) is 0.571. The topological polar surface area (TPSA) is 35.2 Å². The quantitative estimate of drug-likeness (QED) is 0.879. The lowest BCUT2D eigenvalue weighted by atomic mass is 9.74. The van der Waals surface area contributed by atoms with Crippen molar-refractivity contribution in [1.82, 2.24) is 0 Å². The Kier molecular flexibility index (Phi) is 3.32. The molecule has 0 heterocycles.